The Balaban J connectivity index is 1.35. The topological polar surface area (TPSA) is 78.8 Å². The van der Waals surface area contributed by atoms with E-state index in [1.807, 2.05) is 48.5 Å². The number of para-hydroxylation sites is 3. The Labute approximate surface area is 161 Å². The van der Waals surface area contributed by atoms with Crippen LogP contribution in [0.25, 0.3) is 10.9 Å². The van der Waals surface area contributed by atoms with E-state index in [-0.39, 0.29) is 24.2 Å². The van der Waals surface area contributed by atoms with Crippen LogP contribution in [0.3, 0.4) is 0 Å². The van der Waals surface area contributed by atoms with Gasteiger partial charge in [-0.15, -0.1) is 0 Å². The van der Waals surface area contributed by atoms with Gasteiger partial charge in [-0.1, -0.05) is 24.3 Å². The molecule has 1 aromatic heterocycles. The highest BCUT2D eigenvalue weighted by Crippen LogP contribution is 2.30. The Morgan fingerprint density at radius 1 is 1.18 bits per heavy atom. The summed E-state index contributed by atoms with van der Waals surface area (Å²) in [6.45, 7) is 0.465. The zero-order valence-corrected chi connectivity index (χ0v) is 15.4. The predicted molar refractivity (Wildman–Crippen MR) is 104 cm³/mol. The number of carbonyl (C=O) groups excluding carboxylic acids is 1. The van der Waals surface area contributed by atoms with E-state index in [4.69, 9.17) is 14.2 Å². The zero-order valence-electron chi connectivity index (χ0n) is 15.4. The van der Waals surface area contributed by atoms with Crippen molar-refractivity contribution in [2.24, 2.45) is 7.05 Å². The summed E-state index contributed by atoms with van der Waals surface area (Å²) in [5.74, 6) is 1.45. The molecule has 0 saturated carbocycles. The third-order valence-corrected chi connectivity index (χ3v) is 4.57. The molecule has 1 aliphatic heterocycles. The summed E-state index contributed by atoms with van der Waals surface area (Å²) in [5, 5.41) is 3.55. The molecule has 3 aromatic rings. The van der Waals surface area contributed by atoms with Gasteiger partial charge in [-0.05, 0) is 24.3 Å². The van der Waals surface area contributed by atoms with Gasteiger partial charge in [0.2, 0.25) is 0 Å². The maximum atomic E-state index is 12.2. The van der Waals surface area contributed by atoms with E-state index < -0.39 is 0 Å². The van der Waals surface area contributed by atoms with Crippen molar-refractivity contribution in [2.75, 3.05) is 19.8 Å². The number of amides is 1. The molecule has 0 fully saturated rings. The van der Waals surface area contributed by atoms with Gasteiger partial charge < -0.3 is 24.1 Å². The fourth-order valence-electron chi connectivity index (χ4n) is 3.09. The Kier molecular flexibility index (Phi) is 4.89. The number of fused-ring (bicyclic) bond motifs is 2. The maximum absolute atomic E-state index is 12.2. The predicted octanol–water partition coefficient (Wildman–Crippen LogP) is 1.87. The highest BCUT2D eigenvalue weighted by molar-refractivity contribution is 5.86. The molecule has 2 aromatic carbocycles. The molecule has 4 rings (SSSR count). The number of hydrogen-bond donors (Lipinski definition) is 1. The average Bonchev–Trinajstić information content (AvgIpc) is 2.73. The van der Waals surface area contributed by atoms with E-state index >= 15 is 0 Å². The smallest absolute Gasteiger partial charge is 0.258 e. The lowest BCUT2D eigenvalue weighted by Gasteiger charge is -2.26. The van der Waals surface area contributed by atoms with E-state index in [1.54, 1.807) is 11.6 Å². The number of hydrogen-bond acceptors (Lipinski definition) is 5. The van der Waals surface area contributed by atoms with E-state index in [0.29, 0.717) is 30.4 Å². The number of benzene rings is 2. The Morgan fingerprint density at radius 2 is 1.93 bits per heavy atom. The number of pyridine rings is 1. The molecule has 1 amide bonds. The summed E-state index contributed by atoms with van der Waals surface area (Å²) in [6, 6.07) is 16.2. The molecule has 1 atom stereocenters. The molecular weight excluding hydrogens is 360 g/mol. The standard InChI is InChI=1S/C21H20N2O5/c1-23-16-7-3-2-6-15(16)19(10-21(23)25)27-13-20(24)22-11-14-12-26-17-8-4-5-9-18(17)28-14/h2-10,14H,11-13H2,1H3,(H,22,24)/t14-/m1/s1. The van der Waals surface area contributed by atoms with Crippen LogP contribution in [0.15, 0.2) is 59.4 Å². The summed E-state index contributed by atoms with van der Waals surface area (Å²) in [4.78, 5) is 24.3. The number of nitrogens with one attached hydrogen (secondary N) is 1. The second-order valence-electron chi connectivity index (χ2n) is 6.51. The van der Waals surface area contributed by atoms with Gasteiger partial charge in [0.1, 0.15) is 18.5 Å². The summed E-state index contributed by atoms with van der Waals surface area (Å²) in [6.07, 6.45) is -0.274. The highest BCUT2D eigenvalue weighted by atomic mass is 16.6. The molecule has 0 unspecified atom stereocenters. The van der Waals surface area contributed by atoms with Crippen LogP contribution in [0.2, 0.25) is 0 Å². The van der Waals surface area contributed by atoms with Crippen LogP contribution < -0.4 is 25.1 Å². The van der Waals surface area contributed by atoms with E-state index in [2.05, 4.69) is 5.32 Å². The van der Waals surface area contributed by atoms with Crippen molar-refractivity contribution >= 4 is 16.8 Å². The second-order valence-corrected chi connectivity index (χ2v) is 6.51. The first-order valence-corrected chi connectivity index (χ1v) is 8.98. The fourth-order valence-corrected chi connectivity index (χ4v) is 3.09. The van der Waals surface area contributed by atoms with Gasteiger partial charge in [-0.25, -0.2) is 0 Å². The maximum Gasteiger partial charge on any atom is 0.258 e. The van der Waals surface area contributed by atoms with Crippen molar-refractivity contribution < 1.29 is 19.0 Å². The molecule has 7 nitrogen and oxygen atoms in total. The zero-order chi connectivity index (χ0) is 19.5. The lowest BCUT2D eigenvalue weighted by Crippen LogP contribution is -2.42. The summed E-state index contributed by atoms with van der Waals surface area (Å²) < 4.78 is 18.6. The lowest BCUT2D eigenvalue weighted by molar-refractivity contribution is -0.123. The monoisotopic (exact) mass is 380 g/mol. The third-order valence-electron chi connectivity index (χ3n) is 4.57. The van der Waals surface area contributed by atoms with E-state index in [0.717, 1.165) is 10.9 Å². The fraction of sp³-hybridized carbons (Fsp3) is 0.238. The normalized spacial score (nSPS) is 15.2. The van der Waals surface area contributed by atoms with Crippen LogP contribution in [-0.2, 0) is 11.8 Å². The molecule has 144 valence electrons. The van der Waals surface area contributed by atoms with Gasteiger partial charge in [0, 0.05) is 18.5 Å². The van der Waals surface area contributed by atoms with Crippen molar-refractivity contribution in [2.45, 2.75) is 6.10 Å². The lowest BCUT2D eigenvalue weighted by atomic mass is 10.2. The molecule has 0 spiro atoms. The minimum absolute atomic E-state index is 0.193. The number of ether oxygens (including phenoxy) is 3. The second kappa shape index (κ2) is 7.64. The van der Waals surface area contributed by atoms with Crippen molar-refractivity contribution in [3.05, 3.63) is 65.0 Å². The van der Waals surface area contributed by atoms with Crippen LogP contribution in [0.4, 0.5) is 0 Å². The molecule has 7 heteroatoms. The minimum Gasteiger partial charge on any atom is -0.486 e. The summed E-state index contributed by atoms with van der Waals surface area (Å²) >= 11 is 0. The first-order chi connectivity index (χ1) is 13.6. The summed E-state index contributed by atoms with van der Waals surface area (Å²) in [7, 11) is 1.70. The molecule has 1 N–H and O–H groups in total. The number of rotatable bonds is 5. The van der Waals surface area contributed by atoms with Gasteiger partial charge in [-0.2, -0.15) is 0 Å². The van der Waals surface area contributed by atoms with Crippen LogP contribution in [-0.4, -0.2) is 36.3 Å². The van der Waals surface area contributed by atoms with Crippen molar-refractivity contribution in [3.8, 4) is 17.2 Å². The Hall–Kier alpha value is -3.48. The Morgan fingerprint density at radius 3 is 2.79 bits per heavy atom. The molecule has 0 aliphatic carbocycles. The SMILES string of the molecule is Cn1c(=O)cc(OCC(=O)NC[C@@H]2COc3ccccc3O2)c2ccccc21. The van der Waals surface area contributed by atoms with Gasteiger partial charge in [0.05, 0.1) is 12.1 Å². The third kappa shape index (κ3) is 3.64. The number of nitrogens with zero attached hydrogens (tertiary/aromatic N) is 1. The largest absolute Gasteiger partial charge is 0.486 e. The van der Waals surface area contributed by atoms with Gasteiger partial charge in [-0.3, -0.25) is 9.59 Å². The van der Waals surface area contributed by atoms with Crippen LogP contribution in [0, 0.1) is 0 Å². The van der Waals surface area contributed by atoms with E-state index in [9.17, 15) is 9.59 Å². The number of carbonyl (C=O) groups is 1. The first-order valence-electron chi connectivity index (χ1n) is 8.98. The van der Waals surface area contributed by atoms with Crippen molar-refractivity contribution in [1.29, 1.82) is 0 Å². The van der Waals surface area contributed by atoms with Gasteiger partial charge in [0.25, 0.3) is 11.5 Å². The molecule has 28 heavy (non-hydrogen) atoms. The molecule has 0 bridgehead atoms. The molecule has 1 aliphatic rings. The van der Waals surface area contributed by atoms with Crippen LogP contribution in [0.5, 0.6) is 17.2 Å². The first kappa shape index (κ1) is 17.9. The van der Waals surface area contributed by atoms with Gasteiger partial charge >= 0.3 is 0 Å². The highest BCUT2D eigenvalue weighted by Gasteiger charge is 2.21. The van der Waals surface area contributed by atoms with Crippen LogP contribution >= 0.6 is 0 Å². The minimum atomic E-state index is -0.299. The molecule has 2 heterocycles. The van der Waals surface area contributed by atoms with Crippen molar-refractivity contribution in [1.82, 2.24) is 9.88 Å². The average molecular weight is 380 g/mol. The van der Waals surface area contributed by atoms with Crippen LogP contribution in [0.1, 0.15) is 0 Å². The Bertz CT molecular complexity index is 1080. The summed E-state index contributed by atoms with van der Waals surface area (Å²) in [5.41, 5.74) is 0.553. The van der Waals surface area contributed by atoms with Crippen molar-refractivity contribution in [3.63, 3.8) is 0 Å². The molecule has 0 radical (unpaired) electrons. The number of aromatic nitrogens is 1. The van der Waals surface area contributed by atoms with Gasteiger partial charge in [0.15, 0.2) is 18.1 Å². The molecular formula is C21H20N2O5. The molecule has 0 saturated heterocycles. The quantitative estimate of drug-likeness (QED) is 0.731. The number of aryl methyl sites for hydroxylation is 1. The van der Waals surface area contributed by atoms with E-state index in [1.165, 1.54) is 6.07 Å².